The number of aromatic amines is 1. The van der Waals surface area contributed by atoms with Crippen LogP contribution in [0.15, 0.2) is 41.5 Å². The summed E-state index contributed by atoms with van der Waals surface area (Å²) < 4.78 is 2.22. The lowest BCUT2D eigenvalue weighted by atomic mass is 9.93. The first-order valence-corrected chi connectivity index (χ1v) is 16.2. The predicted octanol–water partition coefficient (Wildman–Crippen LogP) is 3.80. The highest BCUT2D eigenvalue weighted by atomic mass is 16.1. The normalized spacial score (nSPS) is 16.7. The Labute approximate surface area is 265 Å². The highest BCUT2D eigenvalue weighted by Crippen LogP contribution is 2.34. The second kappa shape index (κ2) is 12.8. The molecule has 4 aromatic heterocycles. The molecule has 1 unspecified atom stereocenters. The maximum absolute atomic E-state index is 14.1. The number of nitrogens with one attached hydrogen (secondary N) is 3. The third-order valence-electron chi connectivity index (χ3n) is 9.56. The van der Waals surface area contributed by atoms with Gasteiger partial charge in [0.15, 0.2) is 0 Å². The van der Waals surface area contributed by atoms with Crippen molar-refractivity contribution in [2.75, 3.05) is 45.0 Å². The van der Waals surface area contributed by atoms with E-state index in [2.05, 4.69) is 67.8 Å². The van der Waals surface area contributed by atoms with Crippen molar-refractivity contribution in [1.29, 1.82) is 0 Å². The van der Waals surface area contributed by atoms with Gasteiger partial charge in [0.05, 0.1) is 5.52 Å². The molecule has 2 aliphatic rings. The van der Waals surface area contributed by atoms with Crippen LogP contribution < -0.4 is 21.9 Å². The van der Waals surface area contributed by atoms with Crippen LogP contribution in [-0.4, -0.2) is 69.3 Å². The van der Waals surface area contributed by atoms with E-state index in [0.29, 0.717) is 22.9 Å². The molecule has 2 aliphatic heterocycles. The van der Waals surface area contributed by atoms with Gasteiger partial charge in [0, 0.05) is 104 Å². The zero-order valence-electron chi connectivity index (χ0n) is 27.2. The number of hydrogen-bond acceptors (Lipinski definition) is 7. The van der Waals surface area contributed by atoms with E-state index >= 15 is 0 Å². The fraction of sp³-hybridized carbons (Fsp3) is 0.457. The summed E-state index contributed by atoms with van der Waals surface area (Å²) in [5.41, 5.74) is 15.1. The second-order valence-electron chi connectivity index (χ2n) is 13.1. The molecule has 238 valence electrons. The van der Waals surface area contributed by atoms with Crippen molar-refractivity contribution in [3.05, 3.63) is 86.2 Å². The number of carbonyl (C=O) groups excluding carboxylic acids is 1. The first-order chi connectivity index (χ1) is 21.6. The molecule has 0 aliphatic carbocycles. The van der Waals surface area contributed by atoms with Gasteiger partial charge >= 0.3 is 0 Å². The molecule has 5 N–H and O–H groups in total. The molecule has 1 atom stereocenters. The van der Waals surface area contributed by atoms with Crippen LogP contribution in [0.1, 0.15) is 70.8 Å². The van der Waals surface area contributed by atoms with Gasteiger partial charge in [-0.05, 0) is 74.1 Å². The number of rotatable bonds is 8. The van der Waals surface area contributed by atoms with Crippen LogP contribution in [0.3, 0.4) is 0 Å². The monoisotopic (exact) mass is 610 g/mol. The average molecular weight is 611 g/mol. The summed E-state index contributed by atoms with van der Waals surface area (Å²) in [6.07, 6.45) is 4.67. The van der Waals surface area contributed by atoms with E-state index in [1.807, 2.05) is 26.0 Å². The Bertz CT molecular complexity index is 1770. The number of carbonyl (C=O) groups is 1. The van der Waals surface area contributed by atoms with Crippen LogP contribution in [0.4, 0.5) is 5.82 Å². The Kier molecular flexibility index (Phi) is 8.81. The topological polar surface area (TPSA) is 124 Å². The Morgan fingerprint density at radius 3 is 2.58 bits per heavy atom. The molecule has 4 aromatic rings. The number of anilines is 1. The molecule has 10 heteroatoms. The maximum Gasteiger partial charge on any atom is 0.253 e. The molecular weight excluding hydrogens is 564 g/mol. The van der Waals surface area contributed by atoms with Crippen LogP contribution in [-0.2, 0) is 19.5 Å². The minimum Gasteiger partial charge on any atom is -0.384 e. The molecule has 10 nitrogen and oxygen atoms in total. The van der Waals surface area contributed by atoms with Crippen molar-refractivity contribution < 1.29 is 4.79 Å². The molecular formula is C35H46N8O2. The summed E-state index contributed by atoms with van der Waals surface area (Å²) in [7, 11) is 0. The van der Waals surface area contributed by atoms with Crippen molar-refractivity contribution in [3.8, 4) is 11.1 Å². The highest BCUT2D eigenvalue weighted by molar-refractivity contribution is 5.98. The number of piperazine rings is 1. The van der Waals surface area contributed by atoms with Crippen molar-refractivity contribution in [1.82, 2.24) is 34.8 Å². The summed E-state index contributed by atoms with van der Waals surface area (Å²) in [4.78, 5) is 39.6. The number of amides is 1. The number of H-pyrrole nitrogens is 1. The molecule has 45 heavy (non-hydrogen) atoms. The number of nitrogens with two attached hydrogens (primary N) is 1. The number of nitrogens with zero attached hydrogens (tertiary/aromatic N) is 4. The summed E-state index contributed by atoms with van der Waals surface area (Å²) >= 11 is 0. The highest BCUT2D eigenvalue weighted by Gasteiger charge is 2.27. The quantitative estimate of drug-likeness (QED) is 0.239. The molecule has 1 fully saturated rings. The molecule has 0 spiro atoms. The number of fused-ring (bicyclic) bond motifs is 2. The summed E-state index contributed by atoms with van der Waals surface area (Å²) in [5.74, 6) is 0.856. The standard InChI is InChI=1S/C35H46N8O2/c1-21(2)19-41-12-8-27-29(35(45)40-23(4)30(27)20-41)18-39-34(44)28-16-31-26(25-6-7-32(36)38-17-25)9-13-43(31)33(22(28)3)24(5)42-14-10-37-11-15-42/h6-7,9,13,16-17,21,24,37H,8,10-12,14-15,18-20H2,1-5H3,(H2,36,38)(H,39,44)(H,40,45). The summed E-state index contributed by atoms with van der Waals surface area (Å²) in [6.45, 7) is 17.4. The van der Waals surface area contributed by atoms with Crippen molar-refractivity contribution in [3.63, 3.8) is 0 Å². The SMILES string of the molecule is Cc1[nH]c(=O)c(CNC(=O)c2cc3c(-c4ccc(N)nc4)ccn3c(C(C)N3CCNCC3)c2C)c2c1CN(CC(C)C)CC2. The molecule has 6 rings (SSSR count). The van der Waals surface area contributed by atoms with Crippen LogP contribution >= 0.6 is 0 Å². The van der Waals surface area contributed by atoms with Gasteiger partial charge in [-0.25, -0.2) is 4.98 Å². The van der Waals surface area contributed by atoms with E-state index in [1.54, 1.807) is 12.3 Å². The van der Waals surface area contributed by atoms with Crippen LogP contribution in [0.2, 0.25) is 0 Å². The van der Waals surface area contributed by atoms with Gasteiger partial charge in [-0.2, -0.15) is 0 Å². The third kappa shape index (κ3) is 6.14. The minimum absolute atomic E-state index is 0.0906. The Hall–Kier alpha value is -3.99. The average Bonchev–Trinajstić information content (AvgIpc) is 3.44. The number of aromatic nitrogens is 3. The van der Waals surface area contributed by atoms with E-state index in [0.717, 1.165) is 91.4 Å². The van der Waals surface area contributed by atoms with Crippen molar-refractivity contribution in [2.24, 2.45) is 5.92 Å². The molecule has 0 aromatic carbocycles. The number of hydrogen-bond donors (Lipinski definition) is 4. The zero-order valence-corrected chi connectivity index (χ0v) is 27.2. The van der Waals surface area contributed by atoms with Gasteiger partial charge in [0.2, 0.25) is 0 Å². The molecule has 1 saturated heterocycles. The first kappa shape index (κ1) is 31.0. The Morgan fingerprint density at radius 1 is 1.09 bits per heavy atom. The first-order valence-electron chi connectivity index (χ1n) is 16.2. The Morgan fingerprint density at radius 2 is 1.87 bits per heavy atom. The van der Waals surface area contributed by atoms with Crippen LogP contribution in [0.5, 0.6) is 0 Å². The minimum atomic E-state index is -0.183. The lowest BCUT2D eigenvalue weighted by molar-refractivity contribution is 0.0949. The molecule has 6 heterocycles. The molecule has 0 radical (unpaired) electrons. The van der Waals surface area contributed by atoms with E-state index in [9.17, 15) is 9.59 Å². The van der Waals surface area contributed by atoms with Crippen LogP contribution in [0.25, 0.3) is 16.6 Å². The van der Waals surface area contributed by atoms with Crippen molar-refractivity contribution in [2.45, 2.75) is 60.2 Å². The van der Waals surface area contributed by atoms with Gasteiger partial charge in [-0.1, -0.05) is 13.8 Å². The van der Waals surface area contributed by atoms with Gasteiger partial charge in [-0.15, -0.1) is 0 Å². The second-order valence-corrected chi connectivity index (χ2v) is 13.1. The van der Waals surface area contributed by atoms with E-state index in [-0.39, 0.29) is 24.1 Å². The molecule has 0 bridgehead atoms. The molecule has 0 saturated carbocycles. The largest absolute Gasteiger partial charge is 0.384 e. The fourth-order valence-corrected chi connectivity index (χ4v) is 7.25. The zero-order chi connectivity index (χ0) is 31.8. The van der Waals surface area contributed by atoms with Gasteiger partial charge in [0.1, 0.15) is 5.82 Å². The number of pyridine rings is 3. The van der Waals surface area contributed by atoms with E-state index in [1.165, 1.54) is 5.56 Å². The van der Waals surface area contributed by atoms with Crippen LogP contribution in [0, 0.1) is 19.8 Å². The molecule has 1 amide bonds. The predicted molar refractivity (Wildman–Crippen MR) is 179 cm³/mol. The Balaban J connectivity index is 1.36. The lowest BCUT2D eigenvalue weighted by Crippen LogP contribution is -2.45. The smallest absolute Gasteiger partial charge is 0.253 e. The number of nitrogen functional groups attached to an aromatic ring is 1. The summed E-state index contributed by atoms with van der Waals surface area (Å²) in [6, 6.07) is 7.91. The van der Waals surface area contributed by atoms with E-state index in [4.69, 9.17) is 5.73 Å². The van der Waals surface area contributed by atoms with Gasteiger partial charge < -0.3 is 25.8 Å². The lowest BCUT2D eigenvalue weighted by Gasteiger charge is -2.34. The van der Waals surface area contributed by atoms with Crippen molar-refractivity contribution >= 4 is 17.2 Å². The van der Waals surface area contributed by atoms with Gasteiger partial charge in [0.25, 0.3) is 11.5 Å². The summed E-state index contributed by atoms with van der Waals surface area (Å²) in [5, 5.41) is 6.59. The van der Waals surface area contributed by atoms with E-state index < -0.39 is 0 Å². The van der Waals surface area contributed by atoms with Gasteiger partial charge in [-0.3, -0.25) is 19.4 Å². The number of aryl methyl sites for hydroxylation is 1. The maximum atomic E-state index is 14.1. The third-order valence-corrected chi connectivity index (χ3v) is 9.56. The fourth-order valence-electron chi connectivity index (χ4n) is 7.25.